The zero-order valence-corrected chi connectivity index (χ0v) is 13.1. The molecule has 2 rings (SSSR count). The highest BCUT2D eigenvalue weighted by atomic mass is 16.3. The summed E-state index contributed by atoms with van der Waals surface area (Å²) in [6.07, 6.45) is 0. The van der Waals surface area contributed by atoms with Crippen molar-refractivity contribution < 1.29 is 14.1 Å². The van der Waals surface area contributed by atoms with Crippen LogP contribution >= 0.6 is 0 Å². The number of rotatable bonds is 5. The minimum absolute atomic E-state index is 0.0164. The van der Waals surface area contributed by atoms with E-state index in [0.29, 0.717) is 13.1 Å². The van der Waals surface area contributed by atoms with Crippen LogP contribution in [0.2, 0.25) is 0 Å². The molecule has 0 bridgehead atoms. The molecule has 1 amide bonds. The van der Waals surface area contributed by atoms with Crippen molar-refractivity contribution in [3.63, 3.8) is 0 Å². The van der Waals surface area contributed by atoms with Gasteiger partial charge in [0, 0.05) is 5.69 Å². The summed E-state index contributed by atoms with van der Waals surface area (Å²) < 4.78 is 5.53. The maximum atomic E-state index is 12.1. The van der Waals surface area contributed by atoms with Crippen LogP contribution in [-0.4, -0.2) is 19.5 Å². The number of quaternary nitrogens is 1. The average molecular weight is 287 g/mol. The number of nitrogens with one attached hydrogen (secondary N) is 2. The summed E-state index contributed by atoms with van der Waals surface area (Å²) in [7, 11) is 1.99. The van der Waals surface area contributed by atoms with E-state index < -0.39 is 0 Å². The van der Waals surface area contributed by atoms with E-state index in [2.05, 4.69) is 11.4 Å². The summed E-state index contributed by atoms with van der Waals surface area (Å²) in [6, 6.07) is 9.93. The van der Waals surface area contributed by atoms with Crippen molar-refractivity contribution in [3.05, 3.63) is 53.0 Å². The lowest BCUT2D eigenvalue weighted by Crippen LogP contribution is -3.08. The minimum atomic E-state index is 0.0164. The van der Waals surface area contributed by atoms with E-state index in [1.165, 1.54) is 5.56 Å². The molecule has 1 aromatic carbocycles. The molecule has 2 N–H and O–H groups in total. The molecule has 2 aromatic rings. The summed E-state index contributed by atoms with van der Waals surface area (Å²) >= 11 is 0. The number of anilines is 1. The first-order valence-electron chi connectivity index (χ1n) is 7.18. The molecular weight excluding hydrogens is 264 g/mol. The summed E-state index contributed by atoms with van der Waals surface area (Å²) in [6.45, 7) is 7.08. The Kier molecular flexibility index (Phi) is 4.81. The Bertz CT molecular complexity index is 631. The summed E-state index contributed by atoms with van der Waals surface area (Å²) in [4.78, 5) is 13.2. The Morgan fingerprint density at radius 2 is 1.95 bits per heavy atom. The zero-order valence-electron chi connectivity index (χ0n) is 13.1. The van der Waals surface area contributed by atoms with Gasteiger partial charge in [-0.25, -0.2) is 0 Å². The molecule has 0 aliphatic heterocycles. The van der Waals surface area contributed by atoms with Gasteiger partial charge in [0.25, 0.3) is 5.91 Å². The molecule has 1 atom stereocenters. The molecular formula is C17H23N2O2+. The summed E-state index contributed by atoms with van der Waals surface area (Å²) in [5.74, 6) is 1.82. The number of carbonyl (C=O) groups is 1. The number of hydrogen-bond donors (Lipinski definition) is 2. The van der Waals surface area contributed by atoms with Gasteiger partial charge in [-0.15, -0.1) is 0 Å². The SMILES string of the molecule is Cc1ccc(NC(=O)C[NH+](C)Cc2ccc(C)o2)c(C)c1. The van der Waals surface area contributed by atoms with Gasteiger partial charge in [0.1, 0.15) is 12.3 Å². The van der Waals surface area contributed by atoms with Gasteiger partial charge >= 0.3 is 0 Å². The second-order valence-corrected chi connectivity index (χ2v) is 5.69. The number of carbonyl (C=O) groups excluding carboxylic acids is 1. The van der Waals surface area contributed by atoms with Crippen LogP contribution in [0, 0.1) is 20.8 Å². The molecule has 0 saturated heterocycles. The van der Waals surface area contributed by atoms with E-state index in [1.807, 2.05) is 52.1 Å². The van der Waals surface area contributed by atoms with Gasteiger partial charge in [0.05, 0.1) is 7.05 Å². The molecule has 1 unspecified atom stereocenters. The molecule has 4 heteroatoms. The Labute approximate surface area is 125 Å². The first kappa shape index (κ1) is 15.3. The highest BCUT2D eigenvalue weighted by molar-refractivity contribution is 5.92. The number of furan rings is 1. The average Bonchev–Trinajstić information content (AvgIpc) is 2.78. The monoisotopic (exact) mass is 287 g/mol. The molecule has 21 heavy (non-hydrogen) atoms. The maximum Gasteiger partial charge on any atom is 0.279 e. The smallest absolute Gasteiger partial charge is 0.279 e. The van der Waals surface area contributed by atoms with Crippen LogP contribution < -0.4 is 10.2 Å². The van der Waals surface area contributed by atoms with E-state index in [4.69, 9.17) is 4.42 Å². The Morgan fingerprint density at radius 3 is 2.57 bits per heavy atom. The minimum Gasteiger partial charge on any atom is -0.460 e. The normalized spacial score (nSPS) is 12.2. The molecule has 0 aliphatic rings. The molecule has 0 radical (unpaired) electrons. The Hall–Kier alpha value is -2.07. The van der Waals surface area contributed by atoms with Gasteiger partial charge < -0.3 is 14.6 Å². The largest absolute Gasteiger partial charge is 0.460 e. The number of amides is 1. The third-order valence-corrected chi connectivity index (χ3v) is 3.39. The van der Waals surface area contributed by atoms with Crippen LogP contribution in [0.3, 0.4) is 0 Å². The van der Waals surface area contributed by atoms with Crippen molar-refractivity contribution in [3.8, 4) is 0 Å². The Balaban J connectivity index is 1.89. The first-order valence-corrected chi connectivity index (χ1v) is 7.18. The van der Waals surface area contributed by atoms with Gasteiger partial charge in [-0.3, -0.25) is 4.79 Å². The van der Waals surface area contributed by atoms with Crippen molar-refractivity contribution in [1.29, 1.82) is 0 Å². The summed E-state index contributed by atoms with van der Waals surface area (Å²) in [5.41, 5.74) is 3.16. The second-order valence-electron chi connectivity index (χ2n) is 5.69. The van der Waals surface area contributed by atoms with Crippen molar-refractivity contribution in [2.75, 3.05) is 18.9 Å². The lowest BCUT2D eigenvalue weighted by Gasteiger charge is -2.13. The topological polar surface area (TPSA) is 46.7 Å². The summed E-state index contributed by atoms with van der Waals surface area (Å²) in [5, 5.41) is 2.97. The van der Waals surface area contributed by atoms with Crippen LogP contribution in [0.5, 0.6) is 0 Å². The van der Waals surface area contributed by atoms with Crippen LogP contribution in [0.15, 0.2) is 34.7 Å². The first-order chi connectivity index (χ1) is 9.94. The fourth-order valence-electron chi connectivity index (χ4n) is 2.36. The fraction of sp³-hybridized carbons (Fsp3) is 0.353. The third-order valence-electron chi connectivity index (χ3n) is 3.39. The van der Waals surface area contributed by atoms with E-state index in [9.17, 15) is 4.79 Å². The molecule has 112 valence electrons. The van der Waals surface area contributed by atoms with Crippen molar-refractivity contribution >= 4 is 11.6 Å². The predicted octanol–water partition coefficient (Wildman–Crippen LogP) is 1.86. The lowest BCUT2D eigenvalue weighted by molar-refractivity contribution is -0.886. The highest BCUT2D eigenvalue weighted by Crippen LogP contribution is 2.15. The molecule has 0 saturated carbocycles. The highest BCUT2D eigenvalue weighted by Gasteiger charge is 2.13. The number of benzene rings is 1. The van der Waals surface area contributed by atoms with Crippen LogP contribution in [0.4, 0.5) is 5.69 Å². The van der Waals surface area contributed by atoms with E-state index in [-0.39, 0.29) is 5.91 Å². The Morgan fingerprint density at radius 1 is 1.19 bits per heavy atom. The lowest BCUT2D eigenvalue weighted by atomic mass is 10.1. The van der Waals surface area contributed by atoms with Crippen LogP contribution in [-0.2, 0) is 11.3 Å². The van der Waals surface area contributed by atoms with E-state index in [1.54, 1.807) is 0 Å². The van der Waals surface area contributed by atoms with Gasteiger partial charge in [0.2, 0.25) is 0 Å². The standard InChI is InChI=1S/C17H22N2O2/c1-12-5-8-16(13(2)9-12)18-17(20)11-19(4)10-15-7-6-14(3)21-15/h5-9H,10-11H2,1-4H3,(H,18,20)/p+1. The van der Waals surface area contributed by atoms with Crippen molar-refractivity contribution in [2.24, 2.45) is 0 Å². The predicted molar refractivity (Wildman–Crippen MR) is 83.4 cm³/mol. The van der Waals surface area contributed by atoms with Gasteiger partial charge in [-0.1, -0.05) is 17.7 Å². The maximum absolute atomic E-state index is 12.1. The van der Waals surface area contributed by atoms with Crippen LogP contribution in [0.25, 0.3) is 0 Å². The quantitative estimate of drug-likeness (QED) is 0.882. The van der Waals surface area contributed by atoms with Gasteiger partial charge in [-0.05, 0) is 44.5 Å². The van der Waals surface area contributed by atoms with E-state index in [0.717, 1.165) is 27.7 Å². The number of likely N-dealkylation sites (N-methyl/N-ethyl adjacent to an activating group) is 1. The third kappa shape index (κ3) is 4.46. The van der Waals surface area contributed by atoms with Crippen molar-refractivity contribution in [1.82, 2.24) is 0 Å². The van der Waals surface area contributed by atoms with Gasteiger partial charge in [-0.2, -0.15) is 0 Å². The van der Waals surface area contributed by atoms with Gasteiger partial charge in [0.15, 0.2) is 12.3 Å². The molecule has 1 aromatic heterocycles. The zero-order chi connectivity index (χ0) is 15.4. The number of hydrogen-bond acceptors (Lipinski definition) is 2. The molecule has 0 fully saturated rings. The molecule has 4 nitrogen and oxygen atoms in total. The molecule has 1 heterocycles. The second kappa shape index (κ2) is 6.59. The van der Waals surface area contributed by atoms with E-state index >= 15 is 0 Å². The molecule has 0 aliphatic carbocycles. The fourth-order valence-corrected chi connectivity index (χ4v) is 2.36. The van der Waals surface area contributed by atoms with Crippen LogP contribution in [0.1, 0.15) is 22.6 Å². The van der Waals surface area contributed by atoms with Crippen molar-refractivity contribution in [2.45, 2.75) is 27.3 Å². The number of aryl methyl sites for hydroxylation is 3. The molecule has 0 spiro atoms.